The second kappa shape index (κ2) is 4.56. The lowest BCUT2D eigenvalue weighted by Gasteiger charge is -2.06. The van der Waals surface area contributed by atoms with Gasteiger partial charge in [-0.05, 0) is 30.6 Å². The van der Waals surface area contributed by atoms with Crippen molar-refractivity contribution in [1.29, 1.82) is 5.41 Å². The molecule has 1 aromatic rings. The highest BCUT2D eigenvalue weighted by Crippen LogP contribution is 2.20. The van der Waals surface area contributed by atoms with Crippen molar-refractivity contribution in [2.75, 3.05) is 0 Å². The summed E-state index contributed by atoms with van der Waals surface area (Å²) in [7, 11) is 0. The maximum atomic E-state index is 7.17. The molecule has 14 heavy (non-hydrogen) atoms. The monoisotopic (exact) mass is 185 g/mol. The van der Waals surface area contributed by atoms with Crippen LogP contribution in [0.15, 0.2) is 42.5 Å². The topological polar surface area (TPSA) is 23.9 Å². The van der Waals surface area contributed by atoms with Crippen molar-refractivity contribution in [3.05, 3.63) is 53.6 Å². The first-order chi connectivity index (χ1) is 6.69. The van der Waals surface area contributed by atoms with Gasteiger partial charge in [-0.25, -0.2) is 0 Å². The number of benzene rings is 1. The Hall–Kier alpha value is -1.63. The summed E-state index contributed by atoms with van der Waals surface area (Å²) in [4.78, 5) is 0. The van der Waals surface area contributed by atoms with Crippen LogP contribution in [0.1, 0.15) is 18.1 Å². The van der Waals surface area contributed by atoms with Crippen LogP contribution in [-0.4, -0.2) is 6.21 Å². The zero-order valence-corrected chi connectivity index (χ0v) is 8.67. The van der Waals surface area contributed by atoms with Gasteiger partial charge in [0, 0.05) is 6.21 Å². The largest absolute Gasteiger partial charge is 0.308 e. The van der Waals surface area contributed by atoms with Gasteiger partial charge in [0.2, 0.25) is 0 Å². The van der Waals surface area contributed by atoms with Gasteiger partial charge in [-0.2, -0.15) is 0 Å². The van der Waals surface area contributed by atoms with E-state index in [1.54, 1.807) is 0 Å². The third-order valence-electron chi connectivity index (χ3n) is 2.17. The number of nitrogens with one attached hydrogen (secondary N) is 1. The molecule has 0 aliphatic heterocycles. The Morgan fingerprint density at radius 2 is 1.86 bits per heavy atom. The molecule has 0 aliphatic rings. The van der Waals surface area contributed by atoms with Gasteiger partial charge in [0.1, 0.15) is 0 Å². The summed E-state index contributed by atoms with van der Waals surface area (Å²) in [5.74, 6) is 0. The summed E-state index contributed by atoms with van der Waals surface area (Å²) in [5.41, 5.74) is 4.13. The molecule has 1 heteroatoms. The Bertz CT molecular complexity index is 369. The molecule has 0 unspecified atom stereocenters. The van der Waals surface area contributed by atoms with Gasteiger partial charge in [-0.1, -0.05) is 42.5 Å². The van der Waals surface area contributed by atoms with E-state index >= 15 is 0 Å². The third kappa shape index (κ3) is 2.19. The minimum atomic E-state index is 0.747. The molecule has 0 atom stereocenters. The fraction of sp³-hybridized carbons (Fsp3) is 0.154. The van der Waals surface area contributed by atoms with Gasteiger partial charge in [-0.3, -0.25) is 0 Å². The quantitative estimate of drug-likeness (QED) is 0.549. The van der Waals surface area contributed by atoms with Crippen molar-refractivity contribution < 1.29 is 0 Å². The fourth-order valence-electron chi connectivity index (χ4n) is 1.35. The van der Waals surface area contributed by atoms with E-state index in [4.69, 9.17) is 5.41 Å². The van der Waals surface area contributed by atoms with Gasteiger partial charge in [0.25, 0.3) is 0 Å². The van der Waals surface area contributed by atoms with Gasteiger partial charge in [-0.15, -0.1) is 0 Å². The average molecular weight is 185 g/mol. The Balaban J connectivity index is 3.08. The summed E-state index contributed by atoms with van der Waals surface area (Å²) >= 11 is 0. The molecule has 72 valence electrons. The van der Waals surface area contributed by atoms with Crippen LogP contribution in [0.5, 0.6) is 0 Å². The van der Waals surface area contributed by atoms with Crippen molar-refractivity contribution in [3.63, 3.8) is 0 Å². The predicted octanol–water partition coefficient (Wildman–Crippen LogP) is 3.60. The summed E-state index contributed by atoms with van der Waals surface area (Å²) in [6.45, 7) is 7.85. The highest BCUT2D eigenvalue weighted by Gasteiger charge is 2.01. The number of rotatable bonds is 3. The highest BCUT2D eigenvalue weighted by molar-refractivity contribution is 5.98. The van der Waals surface area contributed by atoms with Crippen LogP contribution in [0.3, 0.4) is 0 Å². The first kappa shape index (κ1) is 10.5. The molecular formula is C13H15N. The Morgan fingerprint density at radius 1 is 1.29 bits per heavy atom. The second-order valence-electron chi connectivity index (χ2n) is 3.24. The van der Waals surface area contributed by atoms with Crippen molar-refractivity contribution in [3.8, 4) is 0 Å². The van der Waals surface area contributed by atoms with Crippen molar-refractivity contribution >= 4 is 11.8 Å². The van der Waals surface area contributed by atoms with Crippen molar-refractivity contribution in [2.24, 2.45) is 0 Å². The lowest BCUT2D eigenvalue weighted by Crippen LogP contribution is -1.89. The number of hydrogen-bond acceptors (Lipinski definition) is 1. The van der Waals surface area contributed by atoms with Gasteiger partial charge in [0.05, 0.1) is 0 Å². The molecule has 0 aromatic heterocycles. The van der Waals surface area contributed by atoms with Gasteiger partial charge >= 0.3 is 0 Å². The van der Waals surface area contributed by atoms with Crippen LogP contribution in [0.25, 0.3) is 5.57 Å². The van der Waals surface area contributed by atoms with E-state index in [1.165, 1.54) is 11.8 Å². The molecule has 0 saturated heterocycles. The molecule has 0 radical (unpaired) electrons. The van der Waals surface area contributed by atoms with E-state index in [0.717, 1.165) is 16.7 Å². The molecule has 1 nitrogen and oxygen atoms in total. The van der Waals surface area contributed by atoms with Crippen molar-refractivity contribution in [1.82, 2.24) is 0 Å². The third-order valence-corrected chi connectivity index (χ3v) is 2.17. The first-order valence-corrected chi connectivity index (χ1v) is 4.62. The summed E-state index contributed by atoms with van der Waals surface area (Å²) < 4.78 is 0. The molecule has 1 aromatic carbocycles. The number of hydrogen-bond donors (Lipinski definition) is 1. The molecule has 1 N–H and O–H groups in total. The summed E-state index contributed by atoms with van der Waals surface area (Å²) in [5, 5.41) is 7.17. The van der Waals surface area contributed by atoms with Crippen LogP contribution in [-0.2, 0) is 0 Å². The van der Waals surface area contributed by atoms with E-state index in [9.17, 15) is 0 Å². The van der Waals surface area contributed by atoms with Crippen LogP contribution in [0.4, 0.5) is 0 Å². The molecule has 0 saturated carbocycles. The highest BCUT2D eigenvalue weighted by atomic mass is 14.3. The lowest BCUT2D eigenvalue weighted by atomic mass is 9.99. The molecule has 0 fully saturated rings. The fourth-order valence-corrected chi connectivity index (χ4v) is 1.35. The first-order valence-electron chi connectivity index (χ1n) is 4.62. The SMILES string of the molecule is C=C(C=N)/C(=C\C)c1ccc(C)cc1. The minimum absolute atomic E-state index is 0.747. The summed E-state index contributed by atoms with van der Waals surface area (Å²) in [6.07, 6.45) is 3.27. The van der Waals surface area contributed by atoms with E-state index in [2.05, 4.69) is 37.8 Å². The van der Waals surface area contributed by atoms with E-state index in [-0.39, 0.29) is 0 Å². The van der Waals surface area contributed by atoms with E-state index < -0.39 is 0 Å². The standard InChI is InChI=1S/C13H15N/c1-4-13(11(3)9-14)12-7-5-10(2)6-8-12/h4-9,14H,3H2,1-2H3/b13-4+,14-9?. The second-order valence-corrected chi connectivity index (χ2v) is 3.24. The minimum Gasteiger partial charge on any atom is -0.308 e. The molecule has 0 spiro atoms. The maximum absolute atomic E-state index is 7.17. The Labute approximate surface area is 85.3 Å². The Morgan fingerprint density at radius 3 is 2.29 bits per heavy atom. The van der Waals surface area contributed by atoms with Crippen LogP contribution in [0, 0.1) is 12.3 Å². The number of aryl methyl sites for hydroxylation is 1. The van der Waals surface area contributed by atoms with Gasteiger partial charge in [0.15, 0.2) is 0 Å². The average Bonchev–Trinajstić information content (AvgIpc) is 2.21. The lowest BCUT2D eigenvalue weighted by molar-refractivity contribution is 1.45. The van der Waals surface area contributed by atoms with Crippen LogP contribution in [0.2, 0.25) is 0 Å². The number of allylic oxidation sites excluding steroid dienone is 3. The molecule has 0 amide bonds. The zero-order chi connectivity index (χ0) is 10.6. The van der Waals surface area contributed by atoms with Crippen molar-refractivity contribution in [2.45, 2.75) is 13.8 Å². The maximum Gasteiger partial charge on any atom is 0.0250 e. The zero-order valence-electron chi connectivity index (χ0n) is 8.67. The molecular weight excluding hydrogens is 170 g/mol. The molecule has 0 heterocycles. The van der Waals surface area contributed by atoms with Crippen LogP contribution >= 0.6 is 0 Å². The normalized spacial score (nSPS) is 11.1. The van der Waals surface area contributed by atoms with E-state index in [1.807, 2.05) is 13.0 Å². The van der Waals surface area contributed by atoms with Crippen LogP contribution < -0.4 is 0 Å². The molecule has 0 aliphatic carbocycles. The summed E-state index contributed by atoms with van der Waals surface area (Å²) in [6, 6.07) is 8.24. The smallest absolute Gasteiger partial charge is 0.0250 e. The molecule has 0 bridgehead atoms. The molecule has 1 rings (SSSR count). The Kier molecular flexibility index (Phi) is 3.41. The van der Waals surface area contributed by atoms with Gasteiger partial charge < -0.3 is 5.41 Å². The predicted molar refractivity (Wildman–Crippen MR) is 62.8 cm³/mol. The van der Waals surface area contributed by atoms with E-state index in [0.29, 0.717) is 0 Å².